The minimum atomic E-state index is -6.22. The summed E-state index contributed by atoms with van der Waals surface area (Å²) < 4.78 is 109. The van der Waals surface area contributed by atoms with Crippen LogP contribution in [0.1, 0.15) is 36.4 Å². The number of H-pyrrole nitrogens is 2. The van der Waals surface area contributed by atoms with E-state index in [4.69, 9.17) is 33.6 Å². The third kappa shape index (κ3) is 13.3. The van der Waals surface area contributed by atoms with E-state index in [1.54, 1.807) is 0 Å². The molecule has 2 aliphatic heterocycles. The summed E-state index contributed by atoms with van der Waals surface area (Å²) in [5.41, 5.74) is -4.34. The number of aromatic amines is 2. The molecule has 2 aromatic heterocycles. The molecule has 11 atom stereocenters. The summed E-state index contributed by atoms with van der Waals surface area (Å²) in [6.45, 7) is 1.23. The maximum Gasteiger partial charge on any atom is 0.490 e. The summed E-state index contributed by atoms with van der Waals surface area (Å²) in [5.74, 6) is -1.79. The van der Waals surface area contributed by atoms with Crippen molar-refractivity contribution >= 4 is 46.9 Å². The summed E-state index contributed by atoms with van der Waals surface area (Å²) >= 11 is 0. The van der Waals surface area contributed by atoms with Crippen molar-refractivity contribution in [3.8, 4) is 0 Å². The third-order valence-corrected chi connectivity index (χ3v) is 15.1. The van der Waals surface area contributed by atoms with Gasteiger partial charge in [-0.3, -0.25) is 37.7 Å². The second-order valence-electron chi connectivity index (χ2n) is 11.9. The zero-order valence-electron chi connectivity index (χ0n) is 28.3. The van der Waals surface area contributed by atoms with E-state index in [9.17, 15) is 71.2 Å². The molecule has 0 aliphatic carbocycles. The molecule has 2 fully saturated rings. The second kappa shape index (κ2) is 17.2. The smallest absolute Gasteiger partial charge is 0.390 e. The van der Waals surface area contributed by atoms with E-state index < -0.39 is 132 Å². The van der Waals surface area contributed by atoms with Gasteiger partial charge in [-0.1, -0.05) is 0 Å². The minimum Gasteiger partial charge on any atom is -0.390 e. The van der Waals surface area contributed by atoms with E-state index >= 15 is 0 Å². The van der Waals surface area contributed by atoms with Crippen LogP contribution in [0.25, 0.3) is 0 Å². The van der Waals surface area contributed by atoms with Gasteiger partial charge in [0.15, 0.2) is 0 Å². The highest BCUT2D eigenvalue weighted by molar-refractivity contribution is 7.67. The normalized spacial score (nSPS) is 27.9. The number of phosphoric ester groups is 2. The first-order valence-corrected chi connectivity index (χ1v) is 24.0. The molecule has 324 valence electrons. The van der Waals surface area contributed by atoms with Crippen LogP contribution in [0.3, 0.4) is 0 Å². The largest absolute Gasteiger partial charge is 0.490 e. The molecule has 4 heterocycles. The molecule has 2 aromatic rings. The van der Waals surface area contributed by atoms with Gasteiger partial charge in [0.2, 0.25) is 0 Å². The Bertz CT molecular complexity index is 2380. The van der Waals surface area contributed by atoms with Crippen molar-refractivity contribution in [3.05, 3.63) is 65.2 Å². The van der Waals surface area contributed by atoms with E-state index in [1.807, 2.05) is 9.97 Å². The highest BCUT2D eigenvalue weighted by Crippen LogP contribution is 2.68. The Balaban J connectivity index is 1.79. The van der Waals surface area contributed by atoms with Gasteiger partial charge in [-0.05, 0) is 20.3 Å². The predicted octanol–water partition coefficient (Wildman–Crippen LogP) is -1.69. The Hall–Kier alpha value is -1.94. The van der Waals surface area contributed by atoms with Gasteiger partial charge in [0.25, 0.3) is 11.1 Å². The average Bonchev–Trinajstić information content (AvgIpc) is 3.58. The zero-order chi connectivity index (χ0) is 43.3. The molecule has 6 unspecified atom stereocenters. The molecule has 0 spiro atoms. The SMILES string of the molecule is Cc1cn([C@@H]2O[C@H](COP(=O)(O)OP(=O)(O)OP(=O)(O)O)CC2C(OP(=O)(O)OP(=O)(O)OP(=O)(O)O)[C@H]2O[C@@H](n3cc(C)c(=O)[nH]c3=O)C[C@@H]2O)c(=O)[nH]c1=O. The lowest BCUT2D eigenvalue weighted by atomic mass is 9.90. The molecule has 0 amide bonds. The number of nitrogens with one attached hydrogen (secondary N) is 2. The van der Waals surface area contributed by atoms with Crippen LogP contribution in [0.5, 0.6) is 0 Å². The lowest BCUT2D eigenvalue weighted by Gasteiger charge is -2.34. The van der Waals surface area contributed by atoms with Crippen molar-refractivity contribution in [2.45, 2.75) is 63.6 Å². The molecular weight excluding hydrogens is 914 g/mol. The maximum atomic E-state index is 13.2. The Morgan fingerprint density at radius 2 is 1.18 bits per heavy atom. The van der Waals surface area contributed by atoms with Gasteiger partial charge in [-0.15, -0.1) is 0 Å². The Kier molecular flexibility index (Phi) is 14.4. The summed E-state index contributed by atoms with van der Waals surface area (Å²) in [6.07, 6.45) is -10.9. The fourth-order valence-electron chi connectivity index (χ4n) is 5.48. The molecule has 11 N–H and O–H groups in total. The fraction of sp³-hybridized carbons (Fsp3) is 0.600. The highest BCUT2D eigenvalue weighted by atomic mass is 31.3. The molecule has 4 rings (SSSR count). The monoisotopic (exact) mass is 946 g/mol. The topological polar surface area (TPSA) is 468 Å². The van der Waals surface area contributed by atoms with Gasteiger partial charge in [0.1, 0.15) is 24.7 Å². The first kappa shape index (κ1) is 47.7. The van der Waals surface area contributed by atoms with Gasteiger partial charge in [-0.2, -0.15) is 17.2 Å². The lowest BCUT2D eigenvalue weighted by Crippen LogP contribution is -2.45. The number of aryl methyl sites for hydroxylation is 2. The number of aromatic nitrogens is 4. The van der Waals surface area contributed by atoms with Crippen molar-refractivity contribution in [2.24, 2.45) is 5.92 Å². The fourth-order valence-corrected chi connectivity index (χ4v) is 11.8. The number of rotatable bonds is 17. The Morgan fingerprint density at radius 1 is 0.702 bits per heavy atom. The Labute approximate surface area is 314 Å². The van der Waals surface area contributed by atoms with Crippen molar-refractivity contribution in [2.75, 3.05) is 6.61 Å². The average molecular weight is 946 g/mol. The van der Waals surface area contributed by atoms with Crippen LogP contribution < -0.4 is 22.5 Å². The van der Waals surface area contributed by atoms with Gasteiger partial charge in [-0.25, -0.2) is 37.0 Å². The second-order valence-corrected chi connectivity index (χ2v) is 20.7. The van der Waals surface area contributed by atoms with E-state index in [0.29, 0.717) is 4.57 Å². The molecule has 57 heavy (non-hydrogen) atoms. The predicted molar refractivity (Wildman–Crippen MR) is 177 cm³/mol. The molecule has 0 aromatic carbocycles. The summed E-state index contributed by atoms with van der Waals surface area (Å²) in [7, 11) is -36.0. The molecule has 2 aliphatic rings. The number of aliphatic hydroxyl groups excluding tert-OH is 1. The summed E-state index contributed by atoms with van der Waals surface area (Å²) in [5, 5.41) is 11.2. The van der Waals surface area contributed by atoms with Crippen molar-refractivity contribution in [1.82, 2.24) is 19.1 Å². The van der Waals surface area contributed by atoms with Gasteiger partial charge in [0.05, 0.1) is 18.8 Å². The first-order chi connectivity index (χ1) is 25.8. The number of hydrogen-bond acceptors (Lipinski definition) is 19. The van der Waals surface area contributed by atoms with Crippen LogP contribution in [-0.4, -0.2) is 94.4 Å². The molecular formula is C20H32N4O27P6. The van der Waals surface area contributed by atoms with E-state index in [-0.39, 0.29) is 11.1 Å². The quantitative estimate of drug-likeness (QED) is 0.0788. The molecule has 0 radical (unpaired) electrons. The highest BCUT2D eigenvalue weighted by Gasteiger charge is 2.54. The van der Waals surface area contributed by atoms with E-state index in [1.165, 1.54) is 13.8 Å². The molecule has 31 nitrogen and oxygen atoms in total. The maximum absolute atomic E-state index is 13.2. The van der Waals surface area contributed by atoms with Crippen molar-refractivity contribution < 1.29 is 107 Å². The number of hydrogen-bond donors (Lipinski definition) is 11. The summed E-state index contributed by atoms with van der Waals surface area (Å²) in [4.78, 5) is 129. The van der Waals surface area contributed by atoms with Crippen LogP contribution in [-0.2, 0) is 63.2 Å². The van der Waals surface area contributed by atoms with Crippen LogP contribution in [0, 0.1) is 19.8 Å². The first-order valence-electron chi connectivity index (χ1n) is 15.0. The lowest BCUT2D eigenvalue weighted by molar-refractivity contribution is -0.117. The number of ether oxygens (including phenoxy) is 2. The molecule has 0 saturated carbocycles. The van der Waals surface area contributed by atoms with Crippen LogP contribution in [0.2, 0.25) is 0 Å². The Morgan fingerprint density at radius 3 is 1.68 bits per heavy atom. The van der Waals surface area contributed by atoms with E-state index in [2.05, 4.69) is 21.8 Å². The summed E-state index contributed by atoms with van der Waals surface area (Å²) in [6, 6.07) is 0. The van der Waals surface area contributed by atoms with Crippen LogP contribution >= 0.6 is 46.9 Å². The van der Waals surface area contributed by atoms with Gasteiger partial charge in [0, 0.05) is 35.9 Å². The van der Waals surface area contributed by atoms with E-state index in [0.717, 1.165) is 17.0 Å². The number of nitrogens with zero attached hydrogens (tertiary/aromatic N) is 2. The van der Waals surface area contributed by atoms with Gasteiger partial charge >= 0.3 is 58.3 Å². The zero-order valence-corrected chi connectivity index (χ0v) is 33.6. The van der Waals surface area contributed by atoms with Crippen molar-refractivity contribution in [1.29, 1.82) is 0 Å². The van der Waals surface area contributed by atoms with Crippen LogP contribution in [0.15, 0.2) is 31.6 Å². The third-order valence-electron chi connectivity index (χ3n) is 7.50. The minimum absolute atomic E-state index is 0.0446. The van der Waals surface area contributed by atoms with Crippen LogP contribution in [0.4, 0.5) is 0 Å². The number of aliphatic hydroxyl groups is 1. The molecule has 2 saturated heterocycles. The molecule has 37 heteroatoms. The van der Waals surface area contributed by atoms with Crippen molar-refractivity contribution in [3.63, 3.8) is 0 Å². The van der Waals surface area contributed by atoms with Gasteiger partial charge < -0.3 is 53.7 Å². The number of phosphoric acid groups is 6. The standard InChI is InChI=1S/C20H32N4O27P6/c1-8-5-23(19(28)21-16(8)26)13-4-12(25)15(46-13)14(47-55(38,39)51-57(42,43)49-53(33,34)35)11-3-10(45-18(11)24-6-9(2)17(27)22-20(24)29)7-44-54(36,37)50-56(40,41)48-52(30,31)32/h5-6,10-15,18,25H,3-4,7H2,1-2H3,(H,36,37)(H,38,39)(H,40,41)(H,42,43)(H,21,26,28)(H,22,27,29)(H2,30,31,32)(H2,33,34,35)/t10-,11?,12-,13+,14?,15-,18+/m0/s1. The molecule has 0 bridgehead atoms.